The molecule has 1 amide bonds. The molecule has 3 fully saturated rings. The number of carbonyl (C=O) groups excluding carboxylic acids is 1. The molecule has 1 spiro atoms. The van der Waals surface area contributed by atoms with Gasteiger partial charge in [-0.15, -0.1) is 0 Å². The van der Waals surface area contributed by atoms with Gasteiger partial charge in [-0.2, -0.15) is 0 Å². The molecule has 15 heavy (non-hydrogen) atoms. The van der Waals surface area contributed by atoms with Crippen LogP contribution in [0.1, 0.15) is 32.1 Å². The number of hydrogen-bond donors (Lipinski definition) is 1. The van der Waals surface area contributed by atoms with Crippen LogP contribution in [-0.2, 0) is 9.53 Å². The highest BCUT2D eigenvalue weighted by Crippen LogP contribution is 2.65. The van der Waals surface area contributed by atoms with Gasteiger partial charge in [0.2, 0.25) is 5.91 Å². The molecule has 84 valence electrons. The van der Waals surface area contributed by atoms with Crippen molar-refractivity contribution in [3.8, 4) is 0 Å². The molecule has 0 aromatic carbocycles. The third-order valence-corrected chi connectivity index (χ3v) is 4.95. The van der Waals surface area contributed by atoms with E-state index in [0.717, 1.165) is 26.1 Å². The van der Waals surface area contributed by atoms with Crippen LogP contribution in [0.3, 0.4) is 0 Å². The molecule has 0 aromatic rings. The van der Waals surface area contributed by atoms with Crippen LogP contribution in [0, 0.1) is 23.2 Å². The molecule has 3 unspecified atom stereocenters. The molecular weight excluding hydrogens is 190 g/mol. The average Bonchev–Trinajstić information content (AvgIpc) is 2.51. The summed E-state index contributed by atoms with van der Waals surface area (Å²) in [5.74, 6) is 1.23. The second-order valence-electron chi connectivity index (χ2n) is 5.58. The van der Waals surface area contributed by atoms with Crippen LogP contribution in [0.15, 0.2) is 0 Å². The first-order valence-corrected chi connectivity index (χ1v) is 6.10. The van der Waals surface area contributed by atoms with Crippen molar-refractivity contribution in [1.82, 2.24) is 0 Å². The molecule has 2 N–H and O–H groups in total. The molecule has 3 heteroatoms. The van der Waals surface area contributed by atoms with E-state index in [-0.39, 0.29) is 11.8 Å². The SMILES string of the molecule is NC(=O)C1CC2(CCC2)C1C1CCOC1. The van der Waals surface area contributed by atoms with E-state index in [9.17, 15) is 4.79 Å². The summed E-state index contributed by atoms with van der Waals surface area (Å²) in [7, 11) is 0. The lowest BCUT2D eigenvalue weighted by atomic mass is 9.42. The zero-order valence-electron chi connectivity index (χ0n) is 9.08. The van der Waals surface area contributed by atoms with Gasteiger partial charge in [-0.1, -0.05) is 6.42 Å². The second-order valence-corrected chi connectivity index (χ2v) is 5.58. The molecule has 3 atom stereocenters. The number of nitrogens with two attached hydrogens (primary N) is 1. The fourth-order valence-electron chi connectivity index (χ4n) is 4.08. The smallest absolute Gasteiger partial charge is 0.220 e. The standard InChI is InChI=1S/C12H19NO2/c13-11(14)9-6-12(3-1-4-12)10(9)8-2-5-15-7-8/h8-10H,1-7H2,(H2,13,14). The van der Waals surface area contributed by atoms with Crippen LogP contribution < -0.4 is 5.73 Å². The van der Waals surface area contributed by atoms with Gasteiger partial charge < -0.3 is 10.5 Å². The largest absolute Gasteiger partial charge is 0.381 e. The molecule has 2 saturated carbocycles. The fraction of sp³-hybridized carbons (Fsp3) is 0.917. The summed E-state index contributed by atoms with van der Waals surface area (Å²) in [6.07, 6.45) is 6.17. The van der Waals surface area contributed by atoms with E-state index in [2.05, 4.69) is 0 Å². The molecule has 1 aliphatic heterocycles. The first-order valence-electron chi connectivity index (χ1n) is 6.10. The van der Waals surface area contributed by atoms with Crippen molar-refractivity contribution in [2.45, 2.75) is 32.1 Å². The number of rotatable bonds is 2. The van der Waals surface area contributed by atoms with Crippen LogP contribution in [0.2, 0.25) is 0 Å². The molecule has 1 saturated heterocycles. The lowest BCUT2D eigenvalue weighted by molar-refractivity contribution is -0.160. The van der Waals surface area contributed by atoms with Crippen LogP contribution in [0.5, 0.6) is 0 Å². The Hall–Kier alpha value is -0.570. The molecule has 0 aromatic heterocycles. The Bertz CT molecular complexity index is 279. The van der Waals surface area contributed by atoms with Crippen LogP contribution >= 0.6 is 0 Å². The lowest BCUT2D eigenvalue weighted by Crippen LogP contribution is -2.59. The van der Waals surface area contributed by atoms with Crippen LogP contribution in [0.4, 0.5) is 0 Å². The van der Waals surface area contributed by atoms with E-state index in [1.807, 2.05) is 0 Å². The molecule has 0 radical (unpaired) electrons. The fourth-order valence-corrected chi connectivity index (χ4v) is 4.08. The monoisotopic (exact) mass is 209 g/mol. The topological polar surface area (TPSA) is 52.3 Å². The van der Waals surface area contributed by atoms with Crippen molar-refractivity contribution in [3.05, 3.63) is 0 Å². The predicted molar refractivity (Wildman–Crippen MR) is 56.0 cm³/mol. The highest BCUT2D eigenvalue weighted by Gasteiger charge is 2.60. The first-order chi connectivity index (χ1) is 7.23. The first kappa shape index (κ1) is 9.64. The Morgan fingerprint density at radius 1 is 1.40 bits per heavy atom. The van der Waals surface area contributed by atoms with Crippen molar-refractivity contribution < 1.29 is 9.53 Å². The maximum absolute atomic E-state index is 11.4. The molecule has 3 aliphatic rings. The minimum absolute atomic E-state index is 0.0792. The van der Waals surface area contributed by atoms with Gasteiger partial charge in [-0.3, -0.25) is 4.79 Å². The van der Waals surface area contributed by atoms with Gasteiger partial charge >= 0.3 is 0 Å². The zero-order chi connectivity index (χ0) is 10.5. The van der Waals surface area contributed by atoms with Gasteiger partial charge in [-0.25, -0.2) is 0 Å². The minimum atomic E-state index is -0.0792. The lowest BCUT2D eigenvalue weighted by Gasteiger charge is -2.61. The number of carbonyl (C=O) groups is 1. The molecule has 1 heterocycles. The molecule has 3 nitrogen and oxygen atoms in total. The molecule has 0 bridgehead atoms. The third-order valence-electron chi connectivity index (χ3n) is 4.95. The predicted octanol–water partition coefficient (Wildman–Crippen LogP) is 1.31. The van der Waals surface area contributed by atoms with Gasteiger partial charge in [0.25, 0.3) is 0 Å². The van der Waals surface area contributed by atoms with E-state index < -0.39 is 0 Å². The third kappa shape index (κ3) is 1.25. The van der Waals surface area contributed by atoms with Gasteiger partial charge in [0.1, 0.15) is 0 Å². The highest BCUT2D eigenvalue weighted by atomic mass is 16.5. The normalized spacial score (nSPS) is 42.3. The summed E-state index contributed by atoms with van der Waals surface area (Å²) in [6, 6.07) is 0. The van der Waals surface area contributed by atoms with Crippen molar-refractivity contribution in [2.75, 3.05) is 13.2 Å². The second kappa shape index (κ2) is 3.21. The minimum Gasteiger partial charge on any atom is -0.381 e. The van der Waals surface area contributed by atoms with E-state index in [1.165, 1.54) is 19.3 Å². The van der Waals surface area contributed by atoms with Crippen molar-refractivity contribution in [3.63, 3.8) is 0 Å². The molecule has 3 rings (SSSR count). The van der Waals surface area contributed by atoms with Crippen LogP contribution in [-0.4, -0.2) is 19.1 Å². The van der Waals surface area contributed by atoms with Crippen molar-refractivity contribution in [2.24, 2.45) is 28.9 Å². The molecule has 2 aliphatic carbocycles. The Labute approximate surface area is 90.4 Å². The summed E-state index contributed by atoms with van der Waals surface area (Å²) in [5, 5.41) is 0. The maximum atomic E-state index is 11.4. The maximum Gasteiger partial charge on any atom is 0.220 e. The van der Waals surface area contributed by atoms with E-state index in [1.54, 1.807) is 0 Å². The van der Waals surface area contributed by atoms with Gasteiger partial charge in [0.15, 0.2) is 0 Å². The van der Waals surface area contributed by atoms with Gasteiger partial charge in [0, 0.05) is 19.1 Å². The highest BCUT2D eigenvalue weighted by molar-refractivity contribution is 5.78. The Morgan fingerprint density at radius 2 is 2.20 bits per heavy atom. The summed E-state index contributed by atoms with van der Waals surface area (Å²) in [6.45, 7) is 1.74. The van der Waals surface area contributed by atoms with Crippen LogP contribution in [0.25, 0.3) is 0 Å². The number of primary amides is 1. The Morgan fingerprint density at radius 3 is 2.67 bits per heavy atom. The Kier molecular flexibility index (Phi) is 2.06. The number of hydrogen-bond acceptors (Lipinski definition) is 2. The number of amides is 1. The zero-order valence-corrected chi connectivity index (χ0v) is 9.08. The summed E-state index contributed by atoms with van der Waals surface area (Å²) < 4.78 is 5.45. The Balaban J connectivity index is 1.77. The van der Waals surface area contributed by atoms with Gasteiger partial charge in [0.05, 0.1) is 0 Å². The van der Waals surface area contributed by atoms with E-state index in [0.29, 0.717) is 17.3 Å². The average molecular weight is 209 g/mol. The number of ether oxygens (including phenoxy) is 1. The van der Waals surface area contributed by atoms with E-state index in [4.69, 9.17) is 10.5 Å². The summed E-state index contributed by atoms with van der Waals surface area (Å²) >= 11 is 0. The van der Waals surface area contributed by atoms with E-state index >= 15 is 0 Å². The van der Waals surface area contributed by atoms with Crippen molar-refractivity contribution in [1.29, 1.82) is 0 Å². The quantitative estimate of drug-likeness (QED) is 0.745. The summed E-state index contributed by atoms with van der Waals surface area (Å²) in [5.41, 5.74) is 5.97. The summed E-state index contributed by atoms with van der Waals surface area (Å²) in [4.78, 5) is 11.4. The van der Waals surface area contributed by atoms with Gasteiger partial charge in [-0.05, 0) is 42.9 Å². The van der Waals surface area contributed by atoms with Crippen molar-refractivity contribution >= 4 is 5.91 Å². The molecular formula is C12H19NO2.